The Kier molecular flexibility index (Phi) is 6.83. The lowest BCUT2D eigenvalue weighted by Gasteiger charge is -2.18. The normalized spacial score (nSPS) is 12.1. The fourth-order valence-corrected chi connectivity index (χ4v) is 2.78. The zero-order valence-electron chi connectivity index (χ0n) is 12.5. The minimum absolute atomic E-state index is 0.161. The number of nitrogens with one attached hydrogen (secondary N) is 2. The number of halogens is 4. The molecule has 0 saturated heterocycles. The van der Waals surface area contributed by atoms with Crippen LogP contribution in [0.3, 0.4) is 0 Å². The van der Waals surface area contributed by atoms with Crippen molar-refractivity contribution in [2.24, 2.45) is 0 Å². The van der Waals surface area contributed by atoms with Crippen molar-refractivity contribution in [1.82, 2.24) is 5.32 Å². The number of alkyl halides is 3. The Morgan fingerprint density at radius 1 is 1.27 bits per heavy atom. The first-order chi connectivity index (χ1) is 9.99. The number of anilines is 1. The van der Waals surface area contributed by atoms with Gasteiger partial charge < -0.3 is 10.6 Å². The standard InChI is InChI=1S/C14H18ClF3N2S2/c1-13(2,3)22-7-6-19-12(21)20-9-4-5-11(15)10(8-9)14(16,17)18/h4-5,8H,6-7H2,1-3H3,(H2,19,20,21). The van der Waals surface area contributed by atoms with E-state index in [2.05, 4.69) is 31.4 Å². The molecule has 0 fully saturated rings. The topological polar surface area (TPSA) is 24.1 Å². The van der Waals surface area contributed by atoms with E-state index < -0.39 is 11.7 Å². The predicted molar refractivity (Wildman–Crippen MR) is 92.9 cm³/mol. The zero-order chi connectivity index (χ0) is 17.0. The molecule has 0 aliphatic heterocycles. The molecule has 0 spiro atoms. The summed E-state index contributed by atoms with van der Waals surface area (Å²) in [6.45, 7) is 6.97. The number of benzene rings is 1. The van der Waals surface area contributed by atoms with Crippen LogP contribution in [0.2, 0.25) is 5.02 Å². The Bertz CT molecular complexity index is 528. The maximum Gasteiger partial charge on any atom is 0.417 e. The minimum atomic E-state index is -4.49. The molecule has 2 nitrogen and oxygen atoms in total. The lowest BCUT2D eigenvalue weighted by Crippen LogP contribution is -2.31. The molecular weight excluding hydrogens is 353 g/mol. The molecule has 0 aliphatic carbocycles. The molecule has 0 heterocycles. The van der Waals surface area contributed by atoms with Crippen LogP contribution in [-0.4, -0.2) is 22.2 Å². The highest BCUT2D eigenvalue weighted by molar-refractivity contribution is 8.00. The van der Waals surface area contributed by atoms with Crippen LogP contribution in [0.25, 0.3) is 0 Å². The van der Waals surface area contributed by atoms with Crippen molar-refractivity contribution in [1.29, 1.82) is 0 Å². The van der Waals surface area contributed by atoms with Gasteiger partial charge in [0.2, 0.25) is 0 Å². The molecule has 0 amide bonds. The van der Waals surface area contributed by atoms with Crippen LogP contribution in [0.15, 0.2) is 18.2 Å². The average molecular weight is 371 g/mol. The monoisotopic (exact) mass is 370 g/mol. The molecule has 0 aliphatic rings. The Morgan fingerprint density at radius 3 is 2.45 bits per heavy atom. The summed E-state index contributed by atoms with van der Waals surface area (Å²) in [5.41, 5.74) is -0.636. The number of hydrogen-bond acceptors (Lipinski definition) is 2. The maximum absolute atomic E-state index is 12.8. The van der Waals surface area contributed by atoms with Crippen molar-refractivity contribution in [3.63, 3.8) is 0 Å². The molecule has 124 valence electrons. The van der Waals surface area contributed by atoms with E-state index >= 15 is 0 Å². The first-order valence-electron chi connectivity index (χ1n) is 6.54. The highest BCUT2D eigenvalue weighted by atomic mass is 35.5. The van der Waals surface area contributed by atoms with E-state index in [1.165, 1.54) is 12.1 Å². The molecule has 0 bridgehead atoms. The minimum Gasteiger partial charge on any atom is -0.362 e. The van der Waals surface area contributed by atoms with Crippen LogP contribution in [0.5, 0.6) is 0 Å². The molecule has 2 N–H and O–H groups in total. The third kappa shape index (κ3) is 7.07. The number of thioether (sulfide) groups is 1. The van der Waals surface area contributed by atoms with E-state index in [0.29, 0.717) is 6.54 Å². The Labute approximate surface area is 143 Å². The predicted octanol–water partition coefficient (Wildman–Crippen LogP) is 5.18. The van der Waals surface area contributed by atoms with E-state index in [-0.39, 0.29) is 20.6 Å². The van der Waals surface area contributed by atoms with Crippen molar-refractivity contribution in [2.75, 3.05) is 17.6 Å². The zero-order valence-corrected chi connectivity index (χ0v) is 14.9. The van der Waals surface area contributed by atoms with Crippen LogP contribution in [0, 0.1) is 0 Å². The van der Waals surface area contributed by atoms with Crippen molar-refractivity contribution in [2.45, 2.75) is 31.7 Å². The number of hydrogen-bond donors (Lipinski definition) is 2. The van der Waals surface area contributed by atoms with Crippen molar-refractivity contribution < 1.29 is 13.2 Å². The molecule has 0 atom stereocenters. The van der Waals surface area contributed by atoms with E-state index in [9.17, 15) is 13.2 Å². The van der Waals surface area contributed by atoms with Crippen LogP contribution in [0.1, 0.15) is 26.3 Å². The lowest BCUT2D eigenvalue weighted by molar-refractivity contribution is -0.137. The summed E-state index contributed by atoms with van der Waals surface area (Å²) in [6.07, 6.45) is -4.49. The molecule has 1 rings (SSSR count). The fraction of sp³-hybridized carbons (Fsp3) is 0.500. The van der Waals surface area contributed by atoms with E-state index in [1.54, 1.807) is 11.8 Å². The highest BCUT2D eigenvalue weighted by Crippen LogP contribution is 2.36. The summed E-state index contributed by atoms with van der Waals surface area (Å²) in [5.74, 6) is 0.847. The van der Waals surface area contributed by atoms with Gasteiger partial charge in [-0.05, 0) is 30.4 Å². The summed E-state index contributed by atoms with van der Waals surface area (Å²) in [5, 5.41) is 5.64. The average Bonchev–Trinajstić information content (AvgIpc) is 2.34. The van der Waals surface area contributed by atoms with Crippen LogP contribution >= 0.6 is 35.6 Å². The lowest BCUT2D eigenvalue weighted by atomic mass is 10.2. The highest BCUT2D eigenvalue weighted by Gasteiger charge is 2.33. The smallest absolute Gasteiger partial charge is 0.362 e. The molecule has 22 heavy (non-hydrogen) atoms. The van der Waals surface area contributed by atoms with Gasteiger partial charge in [0.15, 0.2) is 5.11 Å². The first kappa shape index (κ1) is 19.4. The number of rotatable bonds is 4. The van der Waals surface area contributed by atoms with Gasteiger partial charge in [0.05, 0.1) is 10.6 Å². The molecule has 0 saturated carbocycles. The van der Waals surface area contributed by atoms with Gasteiger partial charge >= 0.3 is 6.18 Å². The number of thiocarbonyl (C=S) groups is 1. The van der Waals surface area contributed by atoms with E-state index in [0.717, 1.165) is 11.8 Å². The molecule has 8 heteroatoms. The summed E-state index contributed by atoms with van der Waals surface area (Å²) < 4.78 is 38.4. The quantitative estimate of drug-likeness (QED) is 0.563. The Morgan fingerprint density at radius 2 is 1.91 bits per heavy atom. The Hall–Kier alpha value is -0.660. The molecule has 1 aromatic carbocycles. The van der Waals surface area contributed by atoms with Gasteiger partial charge in [-0.3, -0.25) is 0 Å². The largest absolute Gasteiger partial charge is 0.417 e. The van der Waals surface area contributed by atoms with Crippen LogP contribution in [-0.2, 0) is 6.18 Å². The van der Waals surface area contributed by atoms with Crippen molar-refractivity contribution in [3.8, 4) is 0 Å². The van der Waals surface area contributed by atoms with Gasteiger partial charge in [-0.25, -0.2) is 0 Å². The van der Waals surface area contributed by atoms with Gasteiger partial charge in [0, 0.05) is 22.7 Å². The molecule has 0 radical (unpaired) electrons. The molecule has 1 aromatic rings. The maximum atomic E-state index is 12.8. The molecule has 0 aromatic heterocycles. The van der Waals surface area contributed by atoms with Gasteiger partial charge in [-0.1, -0.05) is 32.4 Å². The van der Waals surface area contributed by atoms with E-state index in [4.69, 9.17) is 23.8 Å². The Balaban J connectivity index is 2.55. The molecular formula is C14H18ClF3N2S2. The van der Waals surface area contributed by atoms with Gasteiger partial charge in [-0.15, -0.1) is 0 Å². The summed E-state index contributed by atoms with van der Waals surface area (Å²) in [6, 6.07) is 3.60. The van der Waals surface area contributed by atoms with Gasteiger partial charge in [0.25, 0.3) is 0 Å². The van der Waals surface area contributed by atoms with Crippen molar-refractivity contribution >= 4 is 46.4 Å². The SMILES string of the molecule is CC(C)(C)SCCNC(=S)Nc1ccc(Cl)c(C(F)(F)F)c1. The second-order valence-electron chi connectivity index (χ2n) is 5.53. The first-order valence-corrected chi connectivity index (χ1v) is 8.32. The van der Waals surface area contributed by atoms with Gasteiger partial charge in [-0.2, -0.15) is 24.9 Å². The fourth-order valence-electron chi connectivity index (χ4n) is 1.52. The van der Waals surface area contributed by atoms with E-state index in [1.807, 2.05) is 0 Å². The summed E-state index contributed by atoms with van der Waals surface area (Å²) in [4.78, 5) is 0. The van der Waals surface area contributed by atoms with Crippen LogP contribution < -0.4 is 10.6 Å². The second kappa shape index (κ2) is 7.75. The van der Waals surface area contributed by atoms with Crippen molar-refractivity contribution in [3.05, 3.63) is 28.8 Å². The third-order valence-corrected chi connectivity index (χ3v) is 4.30. The molecule has 0 unspecified atom stereocenters. The third-order valence-electron chi connectivity index (χ3n) is 2.45. The second-order valence-corrected chi connectivity index (χ2v) is 8.27. The van der Waals surface area contributed by atoms with Gasteiger partial charge in [0.1, 0.15) is 0 Å². The summed E-state index contributed by atoms with van der Waals surface area (Å²) >= 11 is 12.4. The van der Waals surface area contributed by atoms with Crippen LogP contribution in [0.4, 0.5) is 18.9 Å². The summed E-state index contributed by atoms with van der Waals surface area (Å²) in [7, 11) is 0.